The average molecular weight is 531 g/mol. The van der Waals surface area contributed by atoms with Crippen molar-refractivity contribution >= 4 is 29.4 Å². The number of nitrogens with one attached hydrogen (secondary N) is 1. The molecule has 1 aliphatic carbocycles. The molecule has 0 atom stereocenters. The lowest BCUT2D eigenvalue weighted by atomic mass is 10.2. The fourth-order valence-electron chi connectivity index (χ4n) is 4.22. The smallest absolute Gasteiger partial charge is 0.254 e. The molecule has 8 nitrogen and oxygen atoms in total. The second-order valence-corrected chi connectivity index (χ2v) is 9.38. The van der Waals surface area contributed by atoms with Gasteiger partial charge in [0.25, 0.3) is 5.91 Å². The van der Waals surface area contributed by atoms with Crippen molar-refractivity contribution in [1.82, 2.24) is 14.5 Å². The zero-order valence-electron chi connectivity index (χ0n) is 21.1. The second kappa shape index (κ2) is 11.0. The molecule has 3 aromatic carbocycles. The molecule has 38 heavy (non-hydrogen) atoms. The summed E-state index contributed by atoms with van der Waals surface area (Å²) in [6, 6.07) is 21.8. The number of anilines is 1. The van der Waals surface area contributed by atoms with Gasteiger partial charge in [-0.15, -0.1) is 0 Å². The van der Waals surface area contributed by atoms with E-state index < -0.39 is 0 Å². The number of imidazole rings is 1. The summed E-state index contributed by atoms with van der Waals surface area (Å²) in [6.45, 7) is -0.0759. The summed E-state index contributed by atoms with van der Waals surface area (Å²) in [6.07, 6.45) is 3.59. The van der Waals surface area contributed by atoms with Crippen molar-refractivity contribution in [3.8, 4) is 28.4 Å². The van der Waals surface area contributed by atoms with E-state index in [-0.39, 0.29) is 24.4 Å². The lowest BCUT2D eigenvalue weighted by Gasteiger charge is -2.22. The Morgan fingerprint density at radius 1 is 1.00 bits per heavy atom. The second-order valence-electron chi connectivity index (χ2n) is 8.94. The highest BCUT2D eigenvalue weighted by molar-refractivity contribution is 6.30. The maximum absolute atomic E-state index is 13.3. The molecule has 9 heteroatoms. The summed E-state index contributed by atoms with van der Waals surface area (Å²) in [5, 5.41) is 3.53. The van der Waals surface area contributed by atoms with Crippen LogP contribution in [0.3, 0.4) is 0 Å². The van der Waals surface area contributed by atoms with Crippen molar-refractivity contribution in [1.29, 1.82) is 0 Å². The van der Waals surface area contributed by atoms with Gasteiger partial charge in [0.15, 0.2) is 11.5 Å². The van der Waals surface area contributed by atoms with Crippen molar-refractivity contribution in [2.24, 2.45) is 0 Å². The van der Waals surface area contributed by atoms with Gasteiger partial charge in [-0.05, 0) is 49.2 Å². The third-order valence-electron chi connectivity index (χ3n) is 6.33. The molecule has 0 aliphatic heterocycles. The first-order valence-electron chi connectivity index (χ1n) is 12.2. The van der Waals surface area contributed by atoms with Crippen LogP contribution in [-0.2, 0) is 4.79 Å². The van der Waals surface area contributed by atoms with Gasteiger partial charge in [-0.1, -0.05) is 41.9 Å². The molecule has 4 aromatic rings. The molecule has 0 spiro atoms. The molecule has 5 rings (SSSR count). The van der Waals surface area contributed by atoms with Crippen molar-refractivity contribution in [3.63, 3.8) is 0 Å². The summed E-state index contributed by atoms with van der Waals surface area (Å²) in [7, 11) is 3.13. The molecule has 2 amide bonds. The standard InChI is InChI=1S/C29H27ClN4O4/c1-37-25-15-14-23(16-26(25)38-2)34-17-24(19-8-10-21(30)11-9-19)31-29(34)32-27(35)18-33(22-12-13-22)28(36)20-6-4-3-5-7-20/h3-11,14-17,22H,12-13,18H2,1-2H3,(H,31,32,35). The average Bonchev–Trinajstić information content (AvgIpc) is 3.71. The SMILES string of the molecule is COc1ccc(-n2cc(-c3ccc(Cl)cc3)nc2NC(=O)CN(C(=O)c2ccccc2)C2CC2)cc1OC. The Bertz CT molecular complexity index is 1450. The summed E-state index contributed by atoms with van der Waals surface area (Å²) in [4.78, 5) is 32.7. The van der Waals surface area contributed by atoms with Crippen molar-refractivity contribution in [2.45, 2.75) is 18.9 Å². The molecule has 0 saturated heterocycles. The highest BCUT2D eigenvalue weighted by Crippen LogP contribution is 2.32. The number of nitrogens with zero attached hydrogens (tertiary/aromatic N) is 3. The summed E-state index contributed by atoms with van der Waals surface area (Å²) in [5.74, 6) is 0.941. The summed E-state index contributed by atoms with van der Waals surface area (Å²) in [5.41, 5.74) is 2.75. The number of amides is 2. The Balaban J connectivity index is 1.45. The zero-order valence-corrected chi connectivity index (χ0v) is 21.8. The van der Waals surface area contributed by atoms with Crippen LogP contribution in [0.15, 0.2) is 79.0 Å². The molecule has 0 radical (unpaired) electrons. The maximum atomic E-state index is 13.3. The molecule has 1 saturated carbocycles. The quantitative estimate of drug-likeness (QED) is 0.311. The fraction of sp³-hybridized carbons (Fsp3) is 0.207. The van der Waals surface area contributed by atoms with Crippen LogP contribution < -0.4 is 14.8 Å². The van der Waals surface area contributed by atoms with E-state index >= 15 is 0 Å². The normalized spacial score (nSPS) is 12.6. The monoisotopic (exact) mass is 530 g/mol. The minimum Gasteiger partial charge on any atom is -0.493 e. The lowest BCUT2D eigenvalue weighted by Crippen LogP contribution is -2.39. The first kappa shape index (κ1) is 25.4. The predicted octanol–water partition coefficient (Wildman–Crippen LogP) is 5.45. The molecule has 1 N–H and O–H groups in total. The molecule has 0 unspecified atom stereocenters. The number of carbonyl (C=O) groups excluding carboxylic acids is 2. The van der Waals surface area contributed by atoms with E-state index in [0.717, 1.165) is 18.4 Å². The lowest BCUT2D eigenvalue weighted by molar-refractivity contribution is -0.117. The van der Waals surface area contributed by atoms with Crippen LogP contribution in [0.1, 0.15) is 23.2 Å². The Morgan fingerprint density at radius 3 is 2.37 bits per heavy atom. The Labute approximate surface area is 225 Å². The molecular weight excluding hydrogens is 504 g/mol. The van der Waals surface area contributed by atoms with E-state index in [1.807, 2.05) is 42.6 Å². The van der Waals surface area contributed by atoms with E-state index in [4.69, 9.17) is 26.1 Å². The van der Waals surface area contributed by atoms with Crippen LogP contribution in [0.4, 0.5) is 5.95 Å². The minimum atomic E-state index is -0.337. The van der Waals surface area contributed by atoms with Gasteiger partial charge >= 0.3 is 0 Å². The predicted molar refractivity (Wildman–Crippen MR) is 146 cm³/mol. The number of hydrogen-bond acceptors (Lipinski definition) is 5. The number of halogens is 1. The summed E-state index contributed by atoms with van der Waals surface area (Å²) >= 11 is 6.07. The third kappa shape index (κ3) is 5.50. The minimum absolute atomic E-state index is 0.0590. The van der Waals surface area contributed by atoms with Crippen molar-refractivity contribution in [2.75, 3.05) is 26.1 Å². The van der Waals surface area contributed by atoms with Crippen molar-refractivity contribution in [3.05, 3.63) is 89.6 Å². The third-order valence-corrected chi connectivity index (χ3v) is 6.58. The van der Waals surface area contributed by atoms with Gasteiger partial charge in [0.1, 0.15) is 6.54 Å². The van der Waals surface area contributed by atoms with Crippen LogP contribution in [0.2, 0.25) is 5.02 Å². The highest BCUT2D eigenvalue weighted by atomic mass is 35.5. The molecule has 1 aliphatic rings. The Morgan fingerprint density at radius 2 is 1.71 bits per heavy atom. The van der Waals surface area contributed by atoms with E-state index in [0.29, 0.717) is 39.4 Å². The van der Waals surface area contributed by atoms with Gasteiger partial charge in [-0.2, -0.15) is 0 Å². The van der Waals surface area contributed by atoms with Crippen LogP contribution in [0, 0.1) is 0 Å². The van der Waals surface area contributed by atoms with Gasteiger partial charge in [-0.3, -0.25) is 19.5 Å². The number of methoxy groups -OCH3 is 2. The van der Waals surface area contributed by atoms with Crippen LogP contribution in [-0.4, -0.2) is 53.1 Å². The van der Waals surface area contributed by atoms with Gasteiger partial charge < -0.3 is 14.4 Å². The zero-order chi connectivity index (χ0) is 26.6. The molecular formula is C29H27ClN4O4. The summed E-state index contributed by atoms with van der Waals surface area (Å²) < 4.78 is 12.6. The molecule has 194 valence electrons. The maximum Gasteiger partial charge on any atom is 0.254 e. The molecule has 1 heterocycles. The van der Waals surface area contributed by atoms with Crippen molar-refractivity contribution < 1.29 is 19.1 Å². The molecule has 1 fully saturated rings. The number of hydrogen-bond donors (Lipinski definition) is 1. The van der Waals surface area contributed by atoms with Crippen LogP contribution >= 0.6 is 11.6 Å². The first-order chi connectivity index (χ1) is 18.5. The van der Waals surface area contributed by atoms with Gasteiger partial charge in [0, 0.05) is 34.5 Å². The molecule has 0 bridgehead atoms. The van der Waals surface area contributed by atoms with Gasteiger partial charge in [0.2, 0.25) is 11.9 Å². The number of rotatable bonds is 9. The fourth-order valence-corrected chi connectivity index (χ4v) is 4.34. The number of carbonyl (C=O) groups is 2. The van der Waals surface area contributed by atoms with E-state index in [1.165, 1.54) is 0 Å². The van der Waals surface area contributed by atoms with Crippen LogP contribution in [0.25, 0.3) is 16.9 Å². The van der Waals surface area contributed by atoms with Gasteiger partial charge in [-0.25, -0.2) is 4.98 Å². The first-order valence-corrected chi connectivity index (χ1v) is 12.6. The molecule has 1 aromatic heterocycles. The Hall–Kier alpha value is -4.30. The number of benzene rings is 3. The van der Waals surface area contributed by atoms with Crippen LogP contribution in [0.5, 0.6) is 11.5 Å². The number of ether oxygens (including phenoxy) is 2. The van der Waals surface area contributed by atoms with E-state index in [2.05, 4.69) is 5.32 Å². The number of aromatic nitrogens is 2. The highest BCUT2D eigenvalue weighted by Gasteiger charge is 2.34. The van der Waals surface area contributed by atoms with E-state index in [1.54, 1.807) is 60.1 Å². The van der Waals surface area contributed by atoms with Gasteiger partial charge in [0.05, 0.1) is 25.6 Å². The topological polar surface area (TPSA) is 85.7 Å². The largest absolute Gasteiger partial charge is 0.493 e. The Kier molecular flexibility index (Phi) is 7.33. The van der Waals surface area contributed by atoms with E-state index in [9.17, 15) is 9.59 Å².